The number of unbranched alkanes of at least 4 members (excludes halogenated alkanes) is 2. The summed E-state index contributed by atoms with van der Waals surface area (Å²) >= 11 is 0. The lowest BCUT2D eigenvalue weighted by Crippen LogP contribution is -2.37. The number of hydrogen-bond donors (Lipinski definition) is 0. The quantitative estimate of drug-likeness (QED) is 0.535. The number of methoxy groups -OCH3 is 1. The molecule has 0 unspecified atom stereocenters. The molecule has 0 bridgehead atoms. The van der Waals surface area contributed by atoms with Crippen LogP contribution in [-0.4, -0.2) is 37.0 Å². The van der Waals surface area contributed by atoms with E-state index in [4.69, 9.17) is 4.74 Å². The lowest BCUT2D eigenvalue weighted by Gasteiger charge is -2.28. The Morgan fingerprint density at radius 3 is 2.52 bits per heavy atom. The molecular formula is C17H27NO3. The fraction of sp³-hybridized carbons (Fsp3) is 0.647. The van der Waals surface area contributed by atoms with Gasteiger partial charge in [0.2, 0.25) is 0 Å². The van der Waals surface area contributed by atoms with E-state index in [9.17, 15) is 9.59 Å². The van der Waals surface area contributed by atoms with Gasteiger partial charge in [0.1, 0.15) is 0 Å². The van der Waals surface area contributed by atoms with Gasteiger partial charge in [-0.25, -0.2) is 4.79 Å². The van der Waals surface area contributed by atoms with E-state index in [1.807, 2.05) is 17.9 Å². The Labute approximate surface area is 127 Å². The molecular weight excluding hydrogens is 266 g/mol. The SMILES string of the molecule is CCCC/C(C(=O)OC)=C1/C(=O)N(CCCC)CC=C1C. The number of nitrogens with zero attached hydrogens (tertiary/aromatic N) is 1. The second kappa shape index (κ2) is 8.65. The highest BCUT2D eigenvalue weighted by molar-refractivity contribution is 6.06. The minimum absolute atomic E-state index is 0.0278. The molecule has 4 nitrogen and oxygen atoms in total. The zero-order valence-corrected chi connectivity index (χ0v) is 13.7. The minimum atomic E-state index is -0.378. The Bertz CT molecular complexity index is 449. The van der Waals surface area contributed by atoms with Crippen LogP contribution in [0.4, 0.5) is 0 Å². The molecule has 0 aromatic rings. The summed E-state index contributed by atoms with van der Waals surface area (Å²) in [6.45, 7) is 7.45. The van der Waals surface area contributed by atoms with Gasteiger partial charge in [0.15, 0.2) is 0 Å². The van der Waals surface area contributed by atoms with Crippen molar-refractivity contribution in [3.63, 3.8) is 0 Å². The maximum absolute atomic E-state index is 12.7. The third-order valence-corrected chi connectivity index (χ3v) is 3.81. The molecule has 0 N–H and O–H groups in total. The smallest absolute Gasteiger partial charge is 0.334 e. The molecule has 0 radical (unpaired) electrons. The van der Waals surface area contributed by atoms with Crippen LogP contribution in [-0.2, 0) is 14.3 Å². The summed E-state index contributed by atoms with van der Waals surface area (Å²) in [5.41, 5.74) is 1.97. The molecule has 0 aromatic heterocycles. The summed E-state index contributed by atoms with van der Waals surface area (Å²) in [5, 5.41) is 0. The van der Waals surface area contributed by atoms with Crippen molar-refractivity contribution in [2.75, 3.05) is 20.2 Å². The normalized spacial score (nSPS) is 17.6. The molecule has 0 aromatic carbocycles. The van der Waals surface area contributed by atoms with E-state index in [-0.39, 0.29) is 11.9 Å². The Kier molecular flexibility index (Phi) is 7.20. The van der Waals surface area contributed by atoms with E-state index in [2.05, 4.69) is 13.8 Å². The first-order chi connectivity index (χ1) is 10.1. The standard InChI is InChI=1S/C17H27NO3/c1-5-7-9-14(17(20)21-4)15-13(3)10-12-18(16(15)19)11-8-6-2/h10H,5-9,11-12H2,1-4H3/b15-14-. The van der Waals surface area contributed by atoms with E-state index in [0.29, 0.717) is 24.1 Å². The number of rotatable bonds is 7. The fourth-order valence-corrected chi connectivity index (χ4v) is 2.47. The highest BCUT2D eigenvalue weighted by Crippen LogP contribution is 2.26. The lowest BCUT2D eigenvalue weighted by atomic mass is 9.93. The van der Waals surface area contributed by atoms with Crippen LogP contribution in [0.5, 0.6) is 0 Å². The van der Waals surface area contributed by atoms with Gasteiger partial charge in [0, 0.05) is 13.1 Å². The van der Waals surface area contributed by atoms with Gasteiger partial charge in [0.25, 0.3) is 5.91 Å². The van der Waals surface area contributed by atoms with Crippen LogP contribution < -0.4 is 0 Å². The number of carbonyl (C=O) groups excluding carboxylic acids is 2. The summed E-state index contributed by atoms with van der Waals surface area (Å²) in [6.07, 6.45) is 6.51. The van der Waals surface area contributed by atoms with Crippen molar-refractivity contribution >= 4 is 11.9 Å². The van der Waals surface area contributed by atoms with Gasteiger partial charge >= 0.3 is 5.97 Å². The first-order valence-electron chi connectivity index (χ1n) is 7.84. The molecule has 0 saturated carbocycles. The number of hydrogen-bond acceptors (Lipinski definition) is 3. The second-order valence-electron chi connectivity index (χ2n) is 5.44. The molecule has 1 aliphatic rings. The molecule has 0 atom stereocenters. The summed E-state index contributed by atoms with van der Waals surface area (Å²) < 4.78 is 4.88. The van der Waals surface area contributed by atoms with Gasteiger partial charge in [0.05, 0.1) is 18.3 Å². The van der Waals surface area contributed by atoms with E-state index in [0.717, 1.165) is 37.8 Å². The number of amides is 1. The fourth-order valence-electron chi connectivity index (χ4n) is 2.47. The van der Waals surface area contributed by atoms with Gasteiger partial charge < -0.3 is 9.64 Å². The van der Waals surface area contributed by atoms with Crippen LogP contribution in [0.15, 0.2) is 22.8 Å². The Morgan fingerprint density at radius 1 is 1.29 bits per heavy atom. The van der Waals surface area contributed by atoms with E-state index >= 15 is 0 Å². The molecule has 1 aliphatic heterocycles. The van der Waals surface area contributed by atoms with Crippen molar-refractivity contribution in [2.45, 2.75) is 52.9 Å². The summed E-state index contributed by atoms with van der Waals surface area (Å²) in [5.74, 6) is -0.406. The summed E-state index contributed by atoms with van der Waals surface area (Å²) in [6, 6.07) is 0. The van der Waals surface area contributed by atoms with E-state index < -0.39 is 0 Å². The third kappa shape index (κ3) is 4.45. The molecule has 0 spiro atoms. The van der Waals surface area contributed by atoms with Crippen LogP contribution in [0.3, 0.4) is 0 Å². The van der Waals surface area contributed by atoms with Gasteiger partial charge in [-0.15, -0.1) is 0 Å². The first-order valence-corrected chi connectivity index (χ1v) is 7.84. The molecule has 4 heteroatoms. The molecule has 1 rings (SSSR count). The van der Waals surface area contributed by atoms with Crippen LogP contribution in [0.25, 0.3) is 0 Å². The van der Waals surface area contributed by atoms with Crippen molar-refractivity contribution in [1.82, 2.24) is 4.90 Å². The van der Waals surface area contributed by atoms with Crippen molar-refractivity contribution < 1.29 is 14.3 Å². The molecule has 0 aliphatic carbocycles. The molecule has 21 heavy (non-hydrogen) atoms. The van der Waals surface area contributed by atoms with Gasteiger partial charge in [-0.3, -0.25) is 4.79 Å². The van der Waals surface area contributed by atoms with Gasteiger partial charge in [-0.05, 0) is 31.8 Å². The predicted molar refractivity (Wildman–Crippen MR) is 83.8 cm³/mol. The van der Waals surface area contributed by atoms with Crippen molar-refractivity contribution in [3.8, 4) is 0 Å². The van der Waals surface area contributed by atoms with E-state index in [1.165, 1.54) is 7.11 Å². The zero-order valence-electron chi connectivity index (χ0n) is 13.7. The first kappa shape index (κ1) is 17.5. The highest BCUT2D eigenvalue weighted by Gasteiger charge is 2.28. The van der Waals surface area contributed by atoms with Crippen LogP contribution in [0.2, 0.25) is 0 Å². The van der Waals surface area contributed by atoms with Crippen LogP contribution >= 0.6 is 0 Å². The van der Waals surface area contributed by atoms with Gasteiger partial charge in [-0.2, -0.15) is 0 Å². The maximum Gasteiger partial charge on any atom is 0.334 e. The molecule has 1 heterocycles. The Morgan fingerprint density at radius 2 is 1.95 bits per heavy atom. The number of carbonyl (C=O) groups is 2. The Balaban J connectivity index is 3.14. The summed E-state index contributed by atoms with van der Waals surface area (Å²) in [4.78, 5) is 26.6. The van der Waals surface area contributed by atoms with Crippen molar-refractivity contribution in [1.29, 1.82) is 0 Å². The van der Waals surface area contributed by atoms with E-state index in [1.54, 1.807) is 0 Å². The van der Waals surface area contributed by atoms with Crippen molar-refractivity contribution in [3.05, 3.63) is 22.8 Å². The molecule has 118 valence electrons. The van der Waals surface area contributed by atoms with Crippen LogP contribution in [0.1, 0.15) is 52.9 Å². The topological polar surface area (TPSA) is 46.6 Å². The highest BCUT2D eigenvalue weighted by atomic mass is 16.5. The van der Waals surface area contributed by atoms with Crippen LogP contribution in [0, 0.1) is 0 Å². The molecule has 0 saturated heterocycles. The maximum atomic E-state index is 12.7. The number of ether oxygens (including phenoxy) is 1. The third-order valence-electron chi connectivity index (χ3n) is 3.81. The second-order valence-corrected chi connectivity index (χ2v) is 5.44. The van der Waals surface area contributed by atoms with Crippen molar-refractivity contribution in [2.24, 2.45) is 0 Å². The van der Waals surface area contributed by atoms with Gasteiger partial charge in [-0.1, -0.05) is 32.8 Å². The average molecular weight is 293 g/mol. The average Bonchev–Trinajstić information content (AvgIpc) is 2.49. The molecule has 1 amide bonds. The summed E-state index contributed by atoms with van der Waals surface area (Å²) in [7, 11) is 1.37. The lowest BCUT2D eigenvalue weighted by molar-refractivity contribution is -0.137. The number of esters is 1. The molecule has 0 fully saturated rings. The predicted octanol–water partition coefficient (Wildman–Crippen LogP) is 3.23. The monoisotopic (exact) mass is 293 g/mol. The largest absolute Gasteiger partial charge is 0.466 e. The zero-order chi connectivity index (χ0) is 15.8. The Hall–Kier alpha value is -1.58. The minimum Gasteiger partial charge on any atom is -0.466 e.